The zero-order valence-corrected chi connectivity index (χ0v) is 11.3. The third-order valence-corrected chi connectivity index (χ3v) is 2.80. The van der Waals surface area contributed by atoms with Crippen LogP contribution in [0.3, 0.4) is 0 Å². The maximum Gasteiger partial charge on any atom is 0.156 e. The zero-order valence-electron chi connectivity index (χ0n) is 11.3. The molecule has 0 saturated carbocycles. The molecule has 2 nitrogen and oxygen atoms in total. The monoisotopic (exact) mass is 244 g/mol. The van der Waals surface area contributed by atoms with Crippen LogP contribution in [0.2, 0.25) is 0 Å². The first-order valence-electron chi connectivity index (χ1n) is 6.29. The van der Waals surface area contributed by atoms with E-state index in [1.165, 1.54) is 5.56 Å². The summed E-state index contributed by atoms with van der Waals surface area (Å²) in [6, 6.07) is 7.95. The number of ketones is 2. The first kappa shape index (κ1) is 14.4. The molecule has 2 heteroatoms. The molecule has 0 fully saturated rings. The molecule has 0 atom stereocenters. The van der Waals surface area contributed by atoms with Crippen LogP contribution in [-0.4, -0.2) is 11.6 Å². The summed E-state index contributed by atoms with van der Waals surface area (Å²) < 4.78 is 0. The number of aryl methyl sites for hydroxylation is 1. The predicted molar refractivity (Wildman–Crippen MR) is 74.3 cm³/mol. The molecule has 0 aliphatic rings. The van der Waals surface area contributed by atoms with Crippen LogP contribution in [0.15, 0.2) is 30.3 Å². The molecule has 0 aliphatic heterocycles. The minimum atomic E-state index is 0.00424. The number of benzene rings is 1. The summed E-state index contributed by atoms with van der Waals surface area (Å²) in [6.45, 7) is 5.74. The quantitative estimate of drug-likeness (QED) is 0.717. The fraction of sp³-hybridized carbons (Fsp3) is 0.375. The van der Waals surface area contributed by atoms with Crippen molar-refractivity contribution in [2.75, 3.05) is 0 Å². The summed E-state index contributed by atoms with van der Waals surface area (Å²) >= 11 is 0. The lowest BCUT2D eigenvalue weighted by molar-refractivity contribution is -0.124. The van der Waals surface area contributed by atoms with Crippen molar-refractivity contribution in [2.45, 2.75) is 33.6 Å². The molecule has 0 radical (unpaired) electrons. The average Bonchev–Trinajstić information content (AvgIpc) is 2.35. The van der Waals surface area contributed by atoms with E-state index in [1.807, 2.05) is 45.0 Å². The van der Waals surface area contributed by atoms with E-state index in [2.05, 4.69) is 0 Å². The largest absolute Gasteiger partial charge is 0.299 e. The van der Waals surface area contributed by atoms with E-state index >= 15 is 0 Å². The molecule has 0 saturated heterocycles. The van der Waals surface area contributed by atoms with E-state index in [4.69, 9.17) is 0 Å². The summed E-state index contributed by atoms with van der Waals surface area (Å²) in [5.41, 5.74) is 2.20. The molecule has 1 aromatic rings. The molecule has 0 unspecified atom stereocenters. The molecule has 0 aromatic heterocycles. The van der Waals surface area contributed by atoms with Gasteiger partial charge in [0.2, 0.25) is 0 Å². The molecule has 0 heterocycles. The molecule has 96 valence electrons. The van der Waals surface area contributed by atoms with Crippen LogP contribution in [0.1, 0.15) is 37.8 Å². The maximum absolute atomic E-state index is 11.6. The van der Waals surface area contributed by atoms with Gasteiger partial charge in [0, 0.05) is 18.8 Å². The summed E-state index contributed by atoms with van der Waals surface area (Å²) in [5.74, 6) is 0.163. The van der Waals surface area contributed by atoms with Gasteiger partial charge in [0.25, 0.3) is 0 Å². The Morgan fingerprint density at radius 2 is 1.72 bits per heavy atom. The first-order chi connectivity index (χ1) is 8.49. The second-order valence-electron chi connectivity index (χ2n) is 4.83. The second-order valence-corrected chi connectivity index (χ2v) is 4.83. The van der Waals surface area contributed by atoms with Crippen LogP contribution in [0.5, 0.6) is 0 Å². The molecule has 0 bridgehead atoms. The lowest BCUT2D eigenvalue weighted by Crippen LogP contribution is -2.08. The van der Waals surface area contributed by atoms with Crippen molar-refractivity contribution >= 4 is 17.6 Å². The highest BCUT2D eigenvalue weighted by molar-refractivity contribution is 5.96. The van der Waals surface area contributed by atoms with E-state index in [0.29, 0.717) is 12.8 Å². The number of carbonyl (C=O) groups excluding carboxylic acids is 2. The number of rotatable bonds is 6. The highest BCUT2D eigenvalue weighted by Crippen LogP contribution is 2.07. The van der Waals surface area contributed by atoms with Gasteiger partial charge in [0.05, 0.1) is 0 Å². The Balaban J connectivity index is 2.45. The molecule has 1 rings (SSSR count). The Kier molecular flexibility index (Phi) is 5.50. The van der Waals surface area contributed by atoms with Gasteiger partial charge < -0.3 is 0 Å². The summed E-state index contributed by atoms with van der Waals surface area (Å²) in [7, 11) is 0. The van der Waals surface area contributed by atoms with Gasteiger partial charge in [-0.25, -0.2) is 0 Å². The predicted octanol–water partition coefficient (Wildman–Crippen LogP) is 3.58. The van der Waals surface area contributed by atoms with Crippen LogP contribution < -0.4 is 0 Å². The molecular formula is C16H20O2. The number of hydrogen-bond donors (Lipinski definition) is 0. The molecule has 1 aromatic carbocycles. The number of hydrogen-bond acceptors (Lipinski definition) is 2. The van der Waals surface area contributed by atoms with Gasteiger partial charge in [-0.2, -0.15) is 0 Å². The highest BCUT2D eigenvalue weighted by atomic mass is 16.1. The van der Waals surface area contributed by atoms with Gasteiger partial charge in [-0.1, -0.05) is 49.8 Å². The Morgan fingerprint density at radius 3 is 2.28 bits per heavy atom. The zero-order chi connectivity index (χ0) is 13.5. The van der Waals surface area contributed by atoms with Crippen molar-refractivity contribution in [1.29, 1.82) is 0 Å². The van der Waals surface area contributed by atoms with E-state index in [0.717, 1.165) is 5.56 Å². The van der Waals surface area contributed by atoms with E-state index in [9.17, 15) is 9.59 Å². The van der Waals surface area contributed by atoms with Crippen LogP contribution in [0.25, 0.3) is 6.08 Å². The smallest absolute Gasteiger partial charge is 0.156 e. The summed E-state index contributed by atoms with van der Waals surface area (Å²) in [5, 5.41) is 0. The molecular weight excluding hydrogens is 224 g/mol. The topological polar surface area (TPSA) is 34.1 Å². The van der Waals surface area contributed by atoms with Crippen molar-refractivity contribution in [3.8, 4) is 0 Å². The first-order valence-corrected chi connectivity index (χ1v) is 6.29. The van der Waals surface area contributed by atoms with Gasteiger partial charge in [-0.3, -0.25) is 9.59 Å². The molecule has 0 amide bonds. The van der Waals surface area contributed by atoms with Gasteiger partial charge in [0.1, 0.15) is 5.78 Å². The van der Waals surface area contributed by atoms with Crippen LogP contribution in [-0.2, 0) is 9.59 Å². The standard InChI is InChI=1S/C16H20O2/c1-12(2)16(18)11-10-15(17)9-8-14-6-4-13(3)5-7-14/h4-9,12H,10-11H2,1-3H3/b9-8+. The van der Waals surface area contributed by atoms with Gasteiger partial charge in [-0.05, 0) is 18.6 Å². The van der Waals surface area contributed by atoms with Crippen molar-refractivity contribution < 1.29 is 9.59 Å². The number of Topliss-reactive ketones (excluding diaryl/α,β-unsaturated/α-hetero) is 1. The third kappa shape index (κ3) is 5.09. The van der Waals surface area contributed by atoms with E-state index in [1.54, 1.807) is 12.2 Å². The fourth-order valence-corrected chi connectivity index (χ4v) is 1.49. The Bertz CT molecular complexity index is 439. The fourth-order valence-electron chi connectivity index (χ4n) is 1.49. The summed E-state index contributed by atoms with van der Waals surface area (Å²) in [6.07, 6.45) is 3.99. The van der Waals surface area contributed by atoms with Gasteiger partial charge in [0.15, 0.2) is 5.78 Å². The third-order valence-electron chi connectivity index (χ3n) is 2.80. The summed E-state index contributed by atoms with van der Waals surface area (Å²) in [4.78, 5) is 23.0. The van der Waals surface area contributed by atoms with Crippen LogP contribution >= 0.6 is 0 Å². The van der Waals surface area contributed by atoms with Crippen molar-refractivity contribution in [3.63, 3.8) is 0 Å². The van der Waals surface area contributed by atoms with E-state index < -0.39 is 0 Å². The molecule has 0 aliphatic carbocycles. The molecule has 18 heavy (non-hydrogen) atoms. The Morgan fingerprint density at radius 1 is 1.11 bits per heavy atom. The highest BCUT2D eigenvalue weighted by Gasteiger charge is 2.08. The van der Waals surface area contributed by atoms with Crippen molar-refractivity contribution in [3.05, 3.63) is 41.5 Å². The normalized spacial score (nSPS) is 11.1. The Hall–Kier alpha value is -1.70. The van der Waals surface area contributed by atoms with E-state index in [-0.39, 0.29) is 17.5 Å². The lowest BCUT2D eigenvalue weighted by Gasteiger charge is -2.01. The number of carbonyl (C=O) groups is 2. The van der Waals surface area contributed by atoms with Crippen LogP contribution in [0, 0.1) is 12.8 Å². The second kappa shape index (κ2) is 6.90. The van der Waals surface area contributed by atoms with Gasteiger partial charge >= 0.3 is 0 Å². The lowest BCUT2D eigenvalue weighted by atomic mass is 10.0. The average molecular weight is 244 g/mol. The number of allylic oxidation sites excluding steroid dienone is 1. The molecule has 0 N–H and O–H groups in total. The minimum Gasteiger partial charge on any atom is -0.299 e. The van der Waals surface area contributed by atoms with Gasteiger partial charge in [-0.15, -0.1) is 0 Å². The maximum atomic E-state index is 11.6. The van der Waals surface area contributed by atoms with Crippen molar-refractivity contribution in [2.24, 2.45) is 5.92 Å². The minimum absolute atomic E-state index is 0.00424. The van der Waals surface area contributed by atoms with Crippen molar-refractivity contribution in [1.82, 2.24) is 0 Å². The Labute approximate surface area is 109 Å². The van der Waals surface area contributed by atoms with Crippen LogP contribution in [0.4, 0.5) is 0 Å². The SMILES string of the molecule is Cc1ccc(/C=C/C(=O)CCC(=O)C(C)C)cc1. The molecule has 0 spiro atoms.